The highest BCUT2D eigenvalue weighted by Crippen LogP contribution is 2.21. The molecule has 16 heavy (non-hydrogen) atoms. The van der Waals surface area contributed by atoms with Crippen molar-refractivity contribution in [1.29, 1.82) is 5.26 Å². The van der Waals surface area contributed by atoms with Crippen LogP contribution in [0.3, 0.4) is 0 Å². The quantitative estimate of drug-likeness (QED) is 0.847. The lowest BCUT2D eigenvalue weighted by atomic mass is 10.2. The lowest BCUT2D eigenvalue weighted by Gasteiger charge is -2.06. The standard InChI is InChI=1S/C10H8ClN5/c11-9-3-7(4-12)1-2-10(9)16-8(5-13)6-14-15-16/h1-3,6H,5,13H2. The van der Waals surface area contributed by atoms with E-state index in [9.17, 15) is 0 Å². The van der Waals surface area contributed by atoms with Crippen LogP contribution in [0.25, 0.3) is 5.69 Å². The van der Waals surface area contributed by atoms with Gasteiger partial charge in [-0.1, -0.05) is 16.8 Å². The maximum absolute atomic E-state index is 8.72. The van der Waals surface area contributed by atoms with Crippen molar-refractivity contribution in [2.45, 2.75) is 6.54 Å². The van der Waals surface area contributed by atoms with Crippen molar-refractivity contribution in [3.63, 3.8) is 0 Å². The Hall–Kier alpha value is -1.90. The second-order valence-corrected chi connectivity index (χ2v) is 3.53. The first-order chi connectivity index (χ1) is 7.76. The summed E-state index contributed by atoms with van der Waals surface area (Å²) in [4.78, 5) is 0. The van der Waals surface area contributed by atoms with E-state index in [1.807, 2.05) is 6.07 Å². The third kappa shape index (κ3) is 1.76. The summed E-state index contributed by atoms with van der Waals surface area (Å²) in [6.45, 7) is 0.323. The molecule has 1 heterocycles. The van der Waals surface area contributed by atoms with Gasteiger partial charge in [-0.15, -0.1) is 5.10 Å². The highest BCUT2D eigenvalue weighted by Gasteiger charge is 2.08. The van der Waals surface area contributed by atoms with Gasteiger partial charge in [0.15, 0.2) is 0 Å². The van der Waals surface area contributed by atoms with Crippen LogP contribution in [0.1, 0.15) is 11.3 Å². The number of nitrogens with two attached hydrogens (primary N) is 1. The first kappa shape index (κ1) is 10.6. The third-order valence-electron chi connectivity index (χ3n) is 2.13. The number of hydrogen-bond donors (Lipinski definition) is 1. The summed E-state index contributed by atoms with van der Waals surface area (Å²) in [6.07, 6.45) is 1.58. The van der Waals surface area contributed by atoms with E-state index in [2.05, 4.69) is 10.3 Å². The molecule has 0 spiro atoms. The molecule has 0 fully saturated rings. The van der Waals surface area contributed by atoms with E-state index in [0.29, 0.717) is 22.8 Å². The molecule has 0 atom stereocenters. The summed E-state index contributed by atoms with van der Waals surface area (Å²) in [5.41, 5.74) is 7.47. The van der Waals surface area contributed by atoms with Gasteiger partial charge in [0.1, 0.15) is 0 Å². The molecule has 0 aliphatic heterocycles. The van der Waals surface area contributed by atoms with Gasteiger partial charge in [0.2, 0.25) is 0 Å². The second-order valence-electron chi connectivity index (χ2n) is 3.12. The smallest absolute Gasteiger partial charge is 0.0992 e. The Balaban J connectivity index is 2.53. The van der Waals surface area contributed by atoms with E-state index in [1.165, 1.54) is 0 Å². The van der Waals surface area contributed by atoms with Crippen molar-refractivity contribution in [3.05, 3.63) is 40.7 Å². The molecule has 6 heteroatoms. The molecule has 0 amide bonds. The molecule has 2 aromatic rings. The minimum atomic E-state index is 0.323. The average molecular weight is 234 g/mol. The molecule has 0 saturated heterocycles. The lowest BCUT2D eigenvalue weighted by molar-refractivity contribution is 0.761. The largest absolute Gasteiger partial charge is 0.325 e. The van der Waals surface area contributed by atoms with Gasteiger partial charge in [-0.2, -0.15) is 5.26 Å². The van der Waals surface area contributed by atoms with Crippen molar-refractivity contribution in [1.82, 2.24) is 15.0 Å². The van der Waals surface area contributed by atoms with Crippen LogP contribution >= 0.6 is 11.6 Å². The van der Waals surface area contributed by atoms with Crippen LogP contribution in [0.15, 0.2) is 24.4 Å². The van der Waals surface area contributed by atoms with Crippen molar-refractivity contribution in [3.8, 4) is 11.8 Å². The fraction of sp³-hybridized carbons (Fsp3) is 0.100. The third-order valence-corrected chi connectivity index (χ3v) is 2.44. The Morgan fingerprint density at radius 1 is 1.50 bits per heavy atom. The van der Waals surface area contributed by atoms with Gasteiger partial charge in [-0.05, 0) is 18.2 Å². The van der Waals surface area contributed by atoms with Crippen LogP contribution in [-0.4, -0.2) is 15.0 Å². The molecule has 2 rings (SSSR count). The zero-order valence-corrected chi connectivity index (χ0v) is 9.02. The second kappa shape index (κ2) is 4.31. The zero-order valence-electron chi connectivity index (χ0n) is 8.26. The fourth-order valence-electron chi connectivity index (χ4n) is 1.35. The number of aromatic nitrogens is 3. The Morgan fingerprint density at radius 2 is 2.31 bits per heavy atom. The number of nitrogens with zero attached hydrogens (tertiary/aromatic N) is 4. The van der Waals surface area contributed by atoms with Crippen LogP contribution in [0.5, 0.6) is 0 Å². The molecule has 0 aliphatic rings. The average Bonchev–Trinajstić information content (AvgIpc) is 2.76. The van der Waals surface area contributed by atoms with E-state index >= 15 is 0 Å². The molecule has 0 bridgehead atoms. The molecule has 0 radical (unpaired) electrons. The fourth-order valence-corrected chi connectivity index (χ4v) is 1.61. The van der Waals surface area contributed by atoms with Crippen LogP contribution in [-0.2, 0) is 6.54 Å². The summed E-state index contributed by atoms with van der Waals surface area (Å²) in [5.74, 6) is 0. The van der Waals surface area contributed by atoms with Gasteiger partial charge in [0.25, 0.3) is 0 Å². The first-order valence-electron chi connectivity index (χ1n) is 4.56. The predicted octanol–water partition coefficient (Wildman–Crippen LogP) is 1.25. The molecule has 2 N–H and O–H groups in total. The van der Waals surface area contributed by atoms with Crippen LogP contribution in [0.2, 0.25) is 5.02 Å². The van der Waals surface area contributed by atoms with Gasteiger partial charge in [0, 0.05) is 6.54 Å². The Morgan fingerprint density at radius 3 is 2.94 bits per heavy atom. The van der Waals surface area contributed by atoms with Crippen molar-refractivity contribution in [2.24, 2.45) is 5.73 Å². The molecule has 1 aromatic heterocycles. The zero-order chi connectivity index (χ0) is 11.5. The van der Waals surface area contributed by atoms with Crippen LogP contribution in [0, 0.1) is 11.3 Å². The maximum Gasteiger partial charge on any atom is 0.0992 e. The molecule has 0 saturated carbocycles. The molecule has 80 valence electrons. The highest BCUT2D eigenvalue weighted by atomic mass is 35.5. The Labute approximate surface area is 97.0 Å². The van der Waals surface area contributed by atoms with Gasteiger partial charge in [-0.25, -0.2) is 4.68 Å². The van der Waals surface area contributed by atoms with E-state index in [-0.39, 0.29) is 0 Å². The minimum Gasteiger partial charge on any atom is -0.325 e. The van der Waals surface area contributed by atoms with Gasteiger partial charge in [0.05, 0.1) is 34.2 Å². The van der Waals surface area contributed by atoms with Crippen molar-refractivity contribution >= 4 is 11.6 Å². The number of halogens is 1. The molecule has 5 nitrogen and oxygen atoms in total. The van der Waals surface area contributed by atoms with Gasteiger partial charge < -0.3 is 5.73 Å². The molecule has 0 aliphatic carbocycles. The predicted molar refractivity (Wildman–Crippen MR) is 59.0 cm³/mol. The molecular weight excluding hydrogens is 226 g/mol. The molecular formula is C10H8ClN5. The summed E-state index contributed by atoms with van der Waals surface area (Å²) in [6, 6.07) is 6.98. The molecule has 0 unspecified atom stereocenters. The topological polar surface area (TPSA) is 80.5 Å². The SMILES string of the molecule is N#Cc1ccc(-n2nncc2CN)c(Cl)c1. The normalized spacial score (nSPS) is 10.1. The monoisotopic (exact) mass is 233 g/mol. The van der Waals surface area contributed by atoms with Gasteiger partial charge >= 0.3 is 0 Å². The van der Waals surface area contributed by atoms with Gasteiger partial charge in [-0.3, -0.25) is 0 Å². The van der Waals surface area contributed by atoms with E-state index in [4.69, 9.17) is 22.6 Å². The number of rotatable bonds is 2. The maximum atomic E-state index is 8.72. The van der Waals surface area contributed by atoms with E-state index < -0.39 is 0 Å². The lowest BCUT2D eigenvalue weighted by Crippen LogP contribution is -2.07. The highest BCUT2D eigenvalue weighted by molar-refractivity contribution is 6.32. The van der Waals surface area contributed by atoms with E-state index in [0.717, 1.165) is 5.69 Å². The summed E-state index contributed by atoms with van der Waals surface area (Å²) in [7, 11) is 0. The number of hydrogen-bond acceptors (Lipinski definition) is 4. The summed E-state index contributed by atoms with van der Waals surface area (Å²) >= 11 is 6.05. The number of nitriles is 1. The Kier molecular flexibility index (Phi) is 2.86. The Bertz CT molecular complexity index is 555. The summed E-state index contributed by atoms with van der Waals surface area (Å²) < 4.78 is 1.56. The van der Waals surface area contributed by atoms with Crippen LogP contribution < -0.4 is 5.73 Å². The number of benzene rings is 1. The summed E-state index contributed by atoms with van der Waals surface area (Å²) in [5, 5.41) is 16.8. The minimum absolute atomic E-state index is 0.323. The van der Waals surface area contributed by atoms with E-state index in [1.54, 1.807) is 29.1 Å². The van der Waals surface area contributed by atoms with Crippen molar-refractivity contribution < 1.29 is 0 Å². The first-order valence-corrected chi connectivity index (χ1v) is 4.93. The molecule has 1 aromatic carbocycles. The van der Waals surface area contributed by atoms with Crippen molar-refractivity contribution in [2.75, 3.05) is 0 Å². The van der Waals surface area contributed by atoms with Crippen LogP contribution in [0.4, 0.5) is 0 Å².